The highest BCUT2D eigenvalue weighted by Crippen LogP contribution is 2.27. The van der Waals surface area contributed by atoms with Crippen LogP contribution in [0.15, 0.2) is 65.5 Å². The summed E-state index contributed by atoms with van der Waals surface area (Å²) in [4.78, 5) is 28.1. The predicted molar refractivity (Wildman–Crippen MR) is 117 cm³/mol. The van der Waals surface area contributed by atoms with Gasteiger partial charge >= 0.3 is 11.7 Å². The lowest BCUT2D eigenvalue weighted by Gasteiger charge is -2.11. The maximum absolute atomic E-state index is 12.6. The monoisotopic (exact) mass is 405 g/mol. The Morgan fingerprint density at radius 2 is 1.40 bits per heavy atom. The van der Waals surface area contributed by atoms with Crippen molar-refractivity contribution in [1.29, 1.82) is 0 Å². The summed E-state index contributed by atoms with van der Waals surface area (Å²) < 4.78 is 6.11. The van der Waals surface area contributed by atoms with Gasteiger partial charge in [-0.05, 0) is 12.8 Å². The number of carbonyl (C=O) groups excluding carboxylic acids is 1. The van der Waals surface area contributed by atoms with Gasteiger partial charge in [0.05, 0.1) is 7.11 Å². The van der Waals surface area contributed by atoms with Gasteiger partial charge in [-0.25, -0.2) is 9.48 Å². The molecule has 0 saturated carbocycles. The molecule has 0 amide bonds. The second kappa shape index (κ2) is 11.0. The number of hydrogen-bond acceptors (Lipinski definition) is 5. The van der Waals surface area contributed by atoms with E-state index in [0.29, 0.717) is 24.4 Å². The molecule has 156 valence electrons. The van der Waals surface area contributed by atoms with Gasteiger partial charge in [-0.15, -0.1) is 0 Å². The first-order valence-electron chi connectivity index (χ1n) is 10.4. The molecule has 1 heterocycles. The molecule has 3 aromatic rings. The Balaban J connectivity index is 1.70. The minimum atomic E-state index is -0.334. The number of esters is 1. The first-order valence-corrected chi connectivity index (χ1v) is 10.4. The van der Waals surface area contributed by atoms with E-state index in [1.807, 2.05) is 60.7 Å². The summed E-state index contributed by atoms with van der Waals surface area (Å²) in [6, 6.07) is 19.5. The molecule has 0 saturated heterocycles. The van der Waals surface area contributed by atoms with Crippen molar-refractivity contribution in [2.24, 2.45) is 0 Å². The Morgan fingerprint density at radius 3 is 2.03 bits per heavy atom. The third kappa shape index (κ3) is 5.86. The topological polar surface area (TPSA) is 74.1 Å². The van der Waals surface area contributed by atoms with Gasteiger partial charge in [-0.3, -0.25) is 4.79 Å². The smallest absolute Gasteiger partial charge is 0.364 e. The van der Waals surface area contributed by atoms with E-state index in [1.54, 1.807) is 0 Å². The summed E-state index contributed by atoms with van der Waals surface area (Å²) in [6.45, 7) is 0.526. The molecule has 1 aromatic heterocycles. The zero-order chi connectivity index (χ0) is 21.2. The summed E-state index contributed by atoms with van der Waals surface area (Å²) in [7, 11) is 1.41. The minimum Gasteiger partial charge on any atom is -0.469 e. The van der Waals surface area contributed by atoms with Crippen LogP contribution in [0, 0.1) is 0 Å². The van der Waals surface area contributed by atoms with Crippen LogP contribution in [0.4, 0.5) is 0 Å². The lowest BCUT2D eigenvalue weighted by molar-refractivity contribution is -0.140. The molecule has 3 rings (SSSR count). The van der Waals surface area contributed by atoms with Gasteiger partial charge in [0.1, 0.15) is 11.4 Å². The average Bonchev–Trinajstić information content (AvgIpc) is 2.80. The van der Waals surface area contributed by atoms with Crippen molar-refractivity contribution in [3.8, 4) is 22.5 Å². The van der Waals surface area contributed by atoms with E-state index in [9.17, 15) is 9.59 Å². The normalized spacial score (nSPS) is 10.7. The second-order valence-corrected chi connectivity index (χ2v) is 7.14. The Labute approximate surface area is 176 Å². The third-order valence-corrected chi connectivity index (χ3v) is 4.95. The average molecular weight is 405 g/mol. The zero-order valence-electron chi connectivity index (χ0n) is 17.3. The maximum atomic E-state index is 12.6. The number of benzene rings is 2. The molecule has 0 aliphatic carbocycles. The predicted octanol–water partition coefficient (Wildman–Crippen LogP) is 4.49. The molecule has 0 aliphatic rings. The molecule has 2 aromatic carbocycles. The van der Waals surface area contributed by atoms with Crippen LogP contribution in [-0.4, -0.2) is 27.8 Å². The standard InChI is InChI=1S/C24H27N3O3/c1-30-21(28)17-11-3-2-4-12-18-27-24(29)25-22(19-13-7-5-8-14-19)23(26-27)20-15-9-6-10-16-20/h5-10,13-16H,2-4,11-12,17-18H2,1H3. The summed E-state index contributed by atoms with van der Waals surface area (Å²) in [5.74, 6) is -0.163. The van der Waals surface area contributed by atoms with Crippen molar-refractivity contribution < 1.29 is 9.53 Å². The molecule has 6 nitrogen and oxygen atoms in total. The lowest BCUT2D eigenvalue weighted by Crippen LogP contribution is -2.27. The van der Waals surface area contributed by atoms with Crippen molar-refractivity contribution in [3.63, 3.8) is 0 Å². The first kappa shape index (κ1) is 21.4. The highest BCUT2D eigenvalue weighted by atomic mass is 16.5. The number of ether oxygens (including phenoxy) is 1. The molecular formula is C24H27N3O3. The van der Waals surface area contributed by atoms with E-state index in [4.69, 9.17) is 0 Å². The maximum Gasteiger partial charge on any atom is 0.364 e. The molecule has 30 heavy (non-hydrogen) atoms. The molecule has 0 aliphatic heterocycles. The molecule has 0 fully saturated rings. The fraction of sp³-hybridized carbons (Fsp3) is 0.333. The molecule has 0 unspecified atom stereocenters. The highest BCUT2D eigenvalue weighted by molar-refractivity contribution is 5.77. The number of hydrogen-bond donors (Lipinski definition) is 0. The van der Waals surface area contributed by atoms with Gasteiger partial charge < -0.3 is 4.74 Å². The molecule has 0 N–H and O–H groups in total. The summed E-state index contributed by atoms with van der Waals surface area (Å²) >= 11 is 0. The lowest BCUT2D eigenvalue weighted by atomic mass is 10.0. The first-order chi connectivity index (χ1) is 14.7. The van der Waals surface area contributed by atoms with Crippen LogP contribution in [0.1, 0.15) is 38.5 Å². The summed E-state index contributed by atoms with van der Waals surface area (Å²) in [5.41, 5.74) is 2.78. The SMILES string of the molecule is COC(=O)CCCCCCCn1nc(-c2ccccc2)c(-c2ccccc2)nc1=O. The Hall–Kier alpha value is -3.28. The number of unbranched alkanes of at least 4 members (excludes halogenated alkanes) is 4. The van der Waals surface area contributed by atoms with Crippen LogP contribution in [-0.2, 0) is 16.1 Å². The fourth-order valence-electron chi connectivity index (χ4n) is 3.31. The van der Waals surface area contributed by atoms with Crippen molar-refractivity contribution in [2.45, 2.75) is 45.1 Å². The van der Waals surface area contributed by atoms with Gasteiger partial charge in [0.2, 0.25) is 0 Å². The number of nitrogens with zero attached hydrogens (tertiary/aromatic N) is 3. The van der Waals surface area contributed by atoms with Crippen LogP contribution in [0.5, 0.6) is 0 Å². The van der Waals surface area contributed by atoms with Crippen LogP contribution < -0.4 is 5.69 Å². The Bertz CT molecular complexity index is 1000. The number of carbonyl (C=O) groups is 1. The highest BCUT2D eigenvalue weighted by Gasteiger charge is 2.14. The largest absolute Gasteiger partial charge is 0.469 e. The van der Waals surface area contributed by atoms with Crippen LogP contribution in [0.25, 0.3) is 22.5 Å². The zero-order valence-corrected chi connectivity index (χ0v) is 17.3. The van der Waals surface area contributed by atoms with Gasteiger partial charge in [0, 0.05) is 24.1 Å². The number of methoxy groups -OCH3 is 1. The van der Waals surface area contributed by atoms with Crippen LogP contribution in [0.3, 0.4) is 0 Å². The van der Waals surface area contributed by atoms with Crippen molar-refractivity contribution in [2.75, 3.05) is 7.11 Å². The quantitative estimate of drug-likeness (QED) is 0.367. The van der Waals surface area contributed by atoms with E-state index >= 15 is 0 Å². The number of rotatable bonds is 10. The molecule has 0 bridgehead atoms. The van der Waals surface area contributed by atoms with Gasteiger partial charge in [0.15, 0.2) is 0 Å². The van der Waals surface area contributed by atoms with Crippen molar-refractivity contribution in [1.82, 2.24) is 14.8 Å². The Morgan fingerprint density at radius 1 is 0.833 bits per heavy atom. The molecule has 0 radical (unpaired) electrons. The number of aryl methyl sites for hydroxylation is 1. The van der Waals surface area contributed by atoms with Crippen molar-refractivity contribution in [3.05, 3.63) is 71.1 Å². The second-order valence-electron chi connectivity index (χ2n) is 7.14. The number of aromatic nitrogens is 3. The summed E-state index contributed by atoms with van der Waals surface area (Å²) in [6.07, 6.45) is 5.08. The fourth-order valence-corrected chi connectivity index (χ4v) is 3.31. The third-order valence-electron chi connectivity index (χ3n) is 4.95. The van der Waals surface area contributed by atoms with E-state index < -0.39 is 0 Å². The van der Waals surface area contributed by atoms with Crippen LogP contribution >= 0.6 is 0 Å². The van der Waals surface area contributed by atoms with E-state index in [1.165, 1.54) is 11.8 Å². The van der Waals surface area contributed by atoms with Crippen molar-refractivity contribution >= 4 is 5.97 Å². The van der Waals surface area contributed by atoms with Gasteiger partial charge in [-0.1, -0.05) is 79.9 Å². The summed E-state index contributed by atoms with van der Waals surface area (Å²) in [5, 5.41) is 4.67. The van der Waals surface area contributed by atoms with E-state index in [2.05, 4.69) is 14.8 Å². The minimum absolute atomic E-state index is 0.163. The molecule has 0 spiro atoms. The Kier molecular flexibility index (Phi) is 7.89. The van der Waals surface area contributed by atoms with Crippen LogP contribution in [0.2, 0.25) is 0 Å². The van der Waals surface area contributed by atoms with Gasteiger partial charge in [0.25, 0.3) is 0 Å². The molecule has 0 atom stereocenters. The van der Waals surface area contributed by atoms with E-state index in [-0.39, 0.29) is 11.7 Å². The van der Waals surface area contributed by atoms with Gasteiger partial charge in [-0.2, -0.15) is 10.1 Å². The molecule has 6 heteroatoms. The van der Waals surface area contributed by atoms with E-state index in [0.717, 1.165) is 43.2 Å². The molecular weight excluding hydrogens is 378 g/mol.